The van der Waals surface area contributed by atoms with E-state index in [4.69, 9.17) is 10.3 Å². The maximum atomic E-state index is 12.6. The summed E-state index contributed by atoms with van der Waals surface area (Å²) in [6.45, 7) is -0.321. The van der Waals surface area contributed by atoms with Gasteiger partial charge in [-0.15, -0.1) is 0 Å². The minimum Gasteiger partial charge on any atom is -0.467 e. The molecule has 0 aliphatic heterocycles. The van der Waals surface area contributed by atoms with E-state index < -0.39 is 23.2 Å². The molecule has 6 nitrogen and oxygen atoms in total. The molecule has 0 saturated heterocycles. The minimum absolute atomic E-state index is 0.0272. The summed E-state index contributed by atoms with van der Waals surface area (Å²) < 4.78 is 43.7. The molecule has 112 valence electrons. The summed E-state index contributed by atoms with van der Waals surface area (Å²) in [5.41, 5.74) is 0.293. The number of pyridine rings is 1. The van der Waals surface area contributed by atoms with Gasteiger partial charge in [0.05, 0.1) is 23.9 Å². The molecule has 0 aromatic carbocycles. The summed E-state index contributed by atoms with van der Waals surface area (Å²) in [6.07, 6.45) is -2.73. The zero-order valence-electron chi connectivity index (χ0n) is 10.5. The Morgan fingerprint density at radius 2 is 2.05 bits per heavy atom. The molecule has 1 amide bonds. The lowest BCUT2D eigenvalue weighted by Crippen LogP contribution is -2.31. The van der Waals surface area contributed by atoms with Crippen LogP contribution in [0.4, 0.5) is 13.2 Å². The van der Waals surface area contributed by atoms with Crippen LogP contribution in [0.1, 0.15) is 21.7 Å². The first-order valence-corrected chi connectivity index (χ1v) is 5.68. The SMILES string of the molecule is NNC(=O)c1ccoc1Cn1cc(C(F)(F)F)ccc1=O. The number of furan rings is 1. The highest BCUT2D eigenvalue weighted by Crippen LogP contribution is 2.28. The Balaban J connectivity index is 2.38. The molecule has 0 radical (unpaired) electrons. The number of nitrogens with one attached hydrogen (secondary N) is 1. The zero-order chi connectivity index (χ0) is 15.6. The van der Waals surface area contributed by atoms with Crippen LogP contribution in [0.15, 0.2) is 39.9 Å². The van der Waals surface area contributed by atoms with Crippen LogP contribution in [0.5, 0.6) is 0 Å². The van der Waals surface area contributed by atoms with Gasteiger partial charge in [0.25, 0.3) is 11.5 Å². The summed E-state index contributed by atoms with van der Waals surface area (Å²) in [7, 11) is 0. The maximum Gasteiger partial charge on any atom is 0.417 e. The van der Waals surface area contributed by atoms with E-state index in [9.17, 15) is 22.8 Å². The Labute approximate surface area is 115 Å². The fourth-order valence-corrected chi connectivity index (χ4v) is 1.72. The molecule has 0 aliphatic carbocycles. The van der Waals surface area contributed by atoms with Gasteiger partial charge in [-0.1, -0.05) is 0 Å². The number of nitrogen functional groups attached to an aromatic ring is 1. The van der Waals surface area contributed by atoms with Crippen molar-refractivity contribution >= 4 is 5.91 Å². The van der Waals surface area contributed by atoms with Gasteiger partial charge in [-0.25, -0.2) is 5.84 Å². The molecule has 0 saturated carbocycles. The number of carbonyl (C=O) groups excluding carboxylic acids is 1. The molecule has 0 unspecified atom stereocenters. The first kappa shape index (κ1) is 14.9. The molecule has 2 rings (SSSR count). The van der Waals surface area contributed by atoms with Gasteiger partial charge in [0, 0.05) is 12.3 Å². The third-order valence-corrected chi connectivity index (χ3v) is 2.75. The largest absolute Gasteiger partial charge is 0.467 e. The predicted molar refractivity (Wildman–Crippen MR) is 65.2 cm³/mol. The lowest BCUT2D eigenvalue weighted by Gasteiger charge is -2.10. The summed E-state index contributed by atoms with van der Waals surface area (Å²) >= 11 is 0. The van der Waals surface area contributed by atoms with Crippen molar-refractivity contribution in [3.63, 3.8) is 0 Å². The standard InChI is InChI=1S/C12H10F3N3O3/c13-12(14,15)7-1-2-10(19)18(5-7)6-9-8(3-4-21-9)11(20)17-16/h1-5H,6,16H2,(H,17,20). The zero-order valence-corrected chi connectivity index (χ0v) is 10.5. The van der Waals surface area contributed by atoms with Crippen LogP contribution in [-0.4, -0.2) is 10.5 Å². The fraction of sp³-hybridized carbons (Fsp3) is 0.167. The van der Waals surface area contributed by atoms with Crippen LogP contribution in [0.25, 0.3) is 0 Å². The van der Waals surface area contributed by atoms with Crippen molar-refractivity contribution < 1.29 is 22.4 Å². The molecule has 0 fully saturated rings. The predicted octanol–water partition coefficient (Wildman–Crippen LogP) is 1.11. The topological polar surface area (TPSA) is 90.3 Å². The molecule has 0 aliphatic rings. The van der Waals surface area contributed by atoms with Crippen molar-refractivity contribution in [3.8, 4) is 0 Å². The van der Waals surface area contributed by atoms with Crippen LogP contribution in [0, 0.1) is 0 Å². The van der Waals surface area contributed by atoms with E-state index in [2.05, 4.69) is 0 Å². The van der Waals surface area contributed by atoms with Gasteiger partial charge in [0.2, 0.25) is 0 Å². The summed E-state index contributed by atoms with van der Waals surface area (Å²) in [4.78, 5) is 23.0. The normalized spacial score (nSPS) is 11.4. The third-order valence-electron chi connectivity index (χ3n) is 2.75. The van der Waals surface area contributed by atoms with Crippen LogP contribution in [0.2, 0.25) is 0 Å². The highest BCUT2D eigenvalue weighted by Gasteiger charge is 2.31. The molecule has 9 heteroatoms. The summed E-state index contributed by atoms with van der Waals surface area (Å²) in [6, 6.07) is 2.79. The van der Waals surface area contributed by atoms with E-state index in [1.165, 1.54) is 12.3 Å². The van der Waals surface area contributed by atoms with E-state index >= 15 is 0 Å². The number of nitrogens with zero attached hydrogens (tertiary/aromatic N) is 1. The van der Waals surface area contributed by atoms with Gasteiger partial charge >= 0.3 is 6.18 Å². The van der Waals surface area contributed by atoms with Crippen molar-refractivity contribution in [1.29, 1.82) is 0 Å². The van der Waals surface area contributed by atoms with E-state index in [0.29, 0.717) is 12.3 Å². The smallest absolute Gasteiger partial charge is 0.417 e. The number of halogens is 3. The second kappa shape index (κ2) is 5.44. The Morgan fingerprint density at radius 1 is 1.33 bits per heavy atom. The first-order chi connectivity index (χ1) is 9.82. The number of rotatable bonds is 3. The quantitative estimate of drug-likeness (QED) is 0.505. The number of hydrazine groups is 1. The molecule has 21 heavy (non-hydrogen) atoms. The van der Waals surface area contributed by atoms with E-state index in [0.717, 1.165) is 10.6 Å². The summed E-state index contributed by atoms with van der Waals surface area (Å²) in [5.74, 6) is 4.34. The van der Waals surface area contributed by atoms with E-state index in [-0.39, 0.29) is 17.9 Å². The second-order valence-corrected chi connectivity index (χ2v) is 4.11. The molecule has 0 bridgehead atoms. The molecular formula is C12H10F3N3O3. The highest BCUT2D eigenvalue weighted by molar-refractivity contribution is 5.94. The van der Waals surface area contributed by atoms with E-state index in [1.54, 1.807) is 0 Å². The number of nitrogens with two attached hydrogens (primary N) is 1. The Hall–Kier alpha value is -2.55. The van der Waals surface area contributed by atoms with Crippen molar-refractivity contribution in [2.45, 2.75) is 12.7 Å². The second-order valence-electron chi connectivity index (χ2n) is 4.11. The van der Waals surface area contributed by atoms with Crippen molar-refractivity contribution in [2.24, 2.45) is 5.84 Å². The molecule has 2 aromatic rings. The number of hydrogen-bond donors (Lipinski definition) is 2. The molecule has 3 N–H and O–H groups in total. The van der Waals surface area contributed by atoms with E-state index in [1.807, 2.05) is 5.43 Å². The number of alkyl halides is 3. The van der Waals surface area contributed by atoms with Crippen LogP contribution >= 0.6 is 0 Å². The lowest BCUT2D eigenvalue weighted by molar-refractivity contribution is -0.138. The molecule has 2 aromatic heterocycles. The molecular weight excluding hydrogens is 291 g/mol. The molecule has 0 atom stereocenters. The van der Waals surface area contributed by atoms with Gasteiger partial charge in [-0.3, -0.25) is 15.0 Å². The Morgan fingerprint density at radius 3 is 2.67 bits per heavy atom. The third kappa shape index (κ3) is 3.14. The van der Waals surface area contributed by atoms with Gasteiger partial charge in [-0.2, -0.15) is 13.2 Å². The maximum absolute atomic E-state index is 12.6. The Bertz CT molecular complexity index is 718. The van der Waals surface area contributed by atoms with Crippen molar-refractivity contribution in [1.82, 2.24) is 9.99 Å². The average Bonchev–Trinajstić information content (AvgIpc) is 2.87. The number of carbonyl (C=O) groups is 1. The van der Waals surface area contributed by atoms with Crippen molar-refractivity contribution in [2.75, 3.05) is 0 Å². The van der Waals surface area contributed by atoms with Crippen LogP contribution < -0.4 is 16.8 Å². The summed E-state index contributed by atoms with van der Waals surface area (Å²) in [5, 5.41) is 0. The fourth-order valence-electron chi connectivity index (χ4n) is 1.72. The van der Waals surface area contributed by atoms with Crippen LogP contribution in [-0.2, 0) is 12.7 Å². The monoisotopic (exact) mass is 301 g/mol. The van der Waals surface area contributed by atoms with Crippen LogP contribution in [0.3, 0.4) is 0 Å². The first-order valence-electron chi connectivity index (χ1n) is 5.68. The van der Waals surface area contributed by atoms with Crippen molar-refractivity contribution in [3.05, 3.63) is 57.9 Å². The van der Waals surface area contributed by atoms with Gasteiger partial charge in [-0.05, 0) is 12.1 Å². The number of amides is 1. The van der Waals surface area contributed by atoms with Gasteiger partial charge in [0.1, 0.15) is 5.76 Å². The highest BCUT2D eigenvalue weighted by atomic mass is 19.4. The number of hydrogen-bond acceptors (Lipinski definition) is 4. The average molecular weight is 301 g/mol. The Kier molecular flexibility index (Phi) is 3.85. The minimum atomic E-state index is -4.57. The van der Waals surface area contributed by atoms with Gasteiger partial charge < -0.3 is 8.98 Å². The number of aromatic nitrogens is 1. The van der Waals surface area contributed by atoms with Gasteiger partial charge in [0.15, 0.2) is 0 Å². The molecule has 0 spiro atoms. The lowest BCUT2D eigenvalue weighted by atomic mass is 10.2. The molecule has 2 heterocycles.